The molecule has 1 unspecified atom stereocenters. The third kappa shape index (κ3) is 3.61. The number of hydrogen-bond donors (Lipinski definition) is 2. The van der Waals surface area contributed by atoms with Gasteiger partial charge in [-0.25, -0.2) is 0 Å². The van der Waals surface area contributed by atoms with Gasteiger partial charge in [-0.2, -0.15) is 0 Å². The minimum atomic E-state index is -0.408. The lowest BCUT2D eigenvalue weighted by atomic mass is 10.0. The number of hydrogen-bond acceptors (Lipinski definition) is 2. The summed E-state index contributed by atoms with van der Waals surface area (Å²) in [4.78, 5) is 0. The van der Waals surface area contributed by atoms with Gasteiger partial charge in [-0.15, -0.1) is 0 Å². The van der Waals surface area contributed by atoms with Gasteiger partial charge < -0.3 is 10.4 Å². The molecule has 0 spiro atoms. The third-order valence-electron chi connectivity index (χ3n) is 3.58. The van der Waals surface area contributed by atoms with Crippen LogP contribution < -0.4 is 5.32 Å². The monoisotopic (exact) mass is 269 g/mol. The van der Waals surface area contributed by atoms with Gasteiger partial charge in [0, 0.05) is 12.2 Å². The Morgan fingerprint density at radius 3 is 2.20 bits per heavy atom. The van der Waals surface area contributed by atoms with Crippen molar-refractivity contribution >= 4 is 5.69 Å². The van der Waals surface area contributed by atoms with Gasteiger partial charge in [0.2, 0.25) is 0 Å². The van der Waals surface area contributed by atoms with E-state index < -0.39 is 6.10 Å². The van der Waals surface area contributed by atoms with E-state index in [0.717, 1.165) is 12.1 Å². The number of aryl methyl sites for hydroxylation is 3. The Balaban J connectivity index is 1.94. The summed E-state index contributed by atoms with van der Waals surface area (Å²) in [5.74, 6) is 0. The highest BCUT2D eigenvalue weighted by Crippen LogP contribution is 2.23. The Kier molecular flexibility index (Phi) is 4.80. The van der Waals surface area contributed by atoms with Crippen molar-refractivity contribution in [2.24, 2.45) is 0 Å². The fourth-order valence-electron chi connectivity index (χ4n) is 2.63. The molecule has 2 aromatic rings. The van der Waals surface area contributed by atoms with Crippen molar-refractivity contribution in [2.45, 2.75) is 33.3 Å². The Labute approximate surface area is 121 Å². The lowest BCUT2D eigenvalue weighted by Crippen LogP contribution is -2.09. The van der Waals surface area contributed by atoms with E-state index in [1.54, 1.807) is 0 Å². The molecule has 20 heavy (non-hydrogen) atoms. The summed E-state index contributed by atoms with van der Waals surface area (Å²) in [7, 11) is 0. The van der Waals surface area contributed by atoms with Gasteiger partial charge >= 0.3 is 0 Å². The molecule has 2 rings (SSSR count). The van der Waals surface area contributed by atoms with Crippen LogP contribution in [0, 0.1) is 20.8 Å². The van der Waals surface area contributed by atoms with Crippen LogP contribution in [0.4, 0.5) is 5.69 Å². The zero-order valence-corrected chi connectivity index (χ0v) is 12.5. The largest absolute Gasteiger partial charge is 0.388 e. The lowest BCUT2D eigenvalue weighted by Gasteiger charge is -2.16. The highest BCUT2D eigenvalue weighted by atomic mass is 16.3. The van der Waals surface area contributed by atoms with Crippen LogP contribution in [0.25, 0.3) is 0 Å². The summed E-state index contributed by atoms with van der Waals surface area (Å²) < 4.78 is 0. The molecule has 106 valence electrons. The van der Waals surface area contributed by atoms with Crippen LogP contribution in [-0.2, 0) is 0 Å². The van der Waals surface area contributed by atoms with Gasteiger partial charge in [0.05, 0.1) is 6.10 Å². The molecule has 0 saturated carbocycles. The van der Waals surface area contributed by atoms with Crippen LogP contribution in [-0.4, -0.2) is 11.7 Å². The zero-order chi connectivity index (χ0) is 14.5. The van der Waals surface area contributed by atoms with E-state index in [1.807, 2.05) is 30.3 Å². The smallest absolute Gasteiger partial charge is 0.0806 e. The minimum absolute atomic E-state index is 0.408. The Morgan fingerprint density at radius 2 is 1.60 bits per heavy atom. The standard InChI is InChI=1S/C18H23NO/c1-13-11-14(2)18(15(3)12-13)19-10-9-17(20)16-7-5-4-6-8-16/h4-8,11-12,17,19-20H,9-10H2,1-3H3. The summed E-state index contributed by atoms with van der Waals surface area (Å²) in [6.07, 6.45) is 0.297. The second-order valence-electron chi connectivity index (χ2n) is 5.42. The summed E-state index contributed by atoms with van der Waals surface area (Å²) >= 11 is 0. The molecular formula is C18H23NO. The van der Waals surface area contributed by atoms with Crippen LogP contribution in [0.5, 0.6) is 0 Å². The number of anilines is 1. The molecule has 2 aromatic carbocycles. The number of aliphatic hydroxyl groups excluding tert-OH is 1. The molecule has 2 N–H and O–H groups in total. The van der Waals surface area contributed by atoms with E-state index in [2.05, 4.69) is 38.2 Å². The second kappa shape index (κ2) is 6.58. The van der Waals surface area contributed by atoms with E-state index in [9.17, 15) is 5.11 Å². The predicted octanol–water partition coefficient (Wildman–Crippen LogP) is 4.15. The molecule has 2 heteroatoms. The maximum absolute atomic E-state index is 10.1. The summed E-state index contributed by atoms with van der Waals surface area (Å²) in [5, 5.41) is 13.6. The maximum Gasteiger partial charge on any atom is 0.0806 e. The lowest BCUT2D eigenvalue weighted by molar-refractivity contribution is 0.171. The molecule has 0 fully saturated rings. The molecule has 0 amide bonds. The van der Waals surface area contributed by atoms with Crippen molar-refractivity contribution in [3.63, 3.8) is 0 Å². The Bertz CT molecular complexity index is 540. The van der Waals surface area contributed by atoms with Gasteiger partial charge in [-0.05, 0) is 43.9 Å². The quantitative estimate of drug-likeness (QED) is 0.854. The molecular weight excluding hydrogens is 246 g/mol. The third-order valence-corrected chi connectivity index (χ3v) is 3.58. The van der Waals surface area contributed by atoms with Crippen molar-refractivity contribution < 1.29 is 5.11 Å². The van der Waals surface area contributed by atoms with Crippen molar-refractivity contribution in [1.29, 1.82) is 0 Å². The van der Waals surface area contributed by atoms with Crippen LogP contribution in [0.15, 0.2) is 42.5 Å². The molecule has 0 aliphatic rings. The first-order valence-electron chi connectivity index (χ1n) is 7.12. The van der Waals surface area contributed by atoms with Crippen LogP contribution in [0.1, 0.15) is 34.8 Å². The van der Waals surface area contributed by atoms with Crippen LogP contribution >= 0.6 is 0 Å². The first kappa shape index (κ1) is 14.6. The summed E-state index contributed by atoms with van der Waals surface area (Å²) in [6.45, 7) is 7.12. The van der Waals surface area contributed by atoms with E-state index in [-0.39, 0.29) is 0 Å². The molecule has 0 heterocycles. The highest BCUT2D eigenvalue weighted by molar-refractivity contribution is 5.58. The van der Waals surface area contributed by atoms with Crippen molar-refractivity contribution in [3.8, 4) is 0 Å². The summed E-state index contributed by atoms with van der Waals surface area (Å²) in [6, 6.07) is 14.2. The Hall–Kier alpha value is -1.80. The van der Waals surface area contributed by atoms with Gasteiger partial charge in [0.15, 0.2) is 0 Å². The molecule has 0 bridgehead atoms. The van der Waals surface area contributed by atoms with Crippen molar-refractivity contribution in [3.05, 3.63) is 64.7 Å². The fourth-order valence-corrected chi connectivity index (χ4v) is 2.63. The first-order valence-corrected chi connectivity index (χ1v) is 7.12. The van der Waals surface area contributed by atoms with E-state index in [0.29, 0.717) is 6.42 Å². The van der Waals surface area contributed by atoms with E-state index >= 15 is 0 Å². The Morgan fingerprint density at radius 1 is 1.00 bits per heavy atom. The average Bonchev–Trinajstić information content (AvgIpc) is 2.42. The van der Waals surface area contributed by atoms with E-state index in [1.165, 1.54) is 22.4 Å². The second-order valence-corrected chi connectivity index (χ2v) is 5.42. The van der Waals surface area contributed by atoms with Gasteiger partial charge in [-0.3, -0.25) is 0 Å². The van der Waals surface area contributed by atoms with Gasteiger partial charge in [-0.1, -0.05) is 48.0 Å². The molecule has 0 aliphatic heterocycles. The van der Waals surface area contributed by atoms with Crippen LogP contribution in [0.2, 0.25) is 0 Å². The minimum Gasteiger partial charge on any atom is -0.388 e. The van der Waals surface area contributed by atoms with Crippen molar-refractivity contribution in [2.75, 3.05) is 11.9 Å². The van der Waals surface area contributed by atoms with Gasteiger partial charge in [0.25, 0.3) is 0 Å². The number of nitrogens with one attached hydrogen (secondary N) is 1. The predicted molar refractivity (Wildman–Crippen MR) is 85.2 cm³/mol. The van der Waals surface area contributed by atoms with Crippen LogP contribution in [0.3, 0.4) is 0 Å². The zero-order valence-electron chi connectivity index (χ0n) is 12.5. The molecule has 0 aliphatic carbocycles. The normalized spacial score (nSPS) is 12.2. The molecule has 0 aromatic heterocycles. The number of benzene rings is 2. The topological polar surface area (TPSA) is 32.3 Å². The SMILES string of the molecule is Cc1cc(C)c(NCCC(O)c2ccccc2)c(C)c1. The highest BCUT2D eigenvalue weighted by Gasteiger charge is 2.08. The molecule has 2 nitrogen and oxygen atoms in total. The van der Waals surface area contributed by atoms with E-state index in [4.69, 9.17) is 0 Å². The molecule has 1 atom stereocenters. The number of rotatable bonds is 5. The molecule has 0 saturated heterocycles. The average molecular weight is 269 g/mol. The fraction of sp³-hybridized carbons (Fsp3) is 0.333. The number of aliphatic hydroxyl groups is 1. The summed E-state index contributed by atoms with van der Waals surface area (Å²) in [5.41, 5.74) is 5.98. The maximum atomic E-state index is 10.1. The first-order chi connectivity index (χ1) is 9.58. The molecule has 0 radical (unpaired) electrons. The van der Waals surface area contributed by atoms with Gasteiger partial charge in [0.1, 0.15) is 0 Å². The van der Waals surface area contributed by atoms with Crippen molar-refractivity contribution in [1.82, 2.24) is 0 Å².